The van der Waals surface area contributed by atoms with E-state index in [1.165, 1.54) is 18.2 Å². The normalized spacial score (nSPS) is 18.9. The summed E-state index contributed by atoms with van der Waals surface area (Å²) >= 11 is 0. The smallest absolute Gasteiger partial charge is 0.332 e. The molecule has 2 aliphatic rings. The van der Waals surface area contributed by atoms with Gasteiger partial charge in [0.1, 0.15) is 0 Å². The first-order chi connectivity index (χ1) is 15.5. The first-order valence-corrected chi connectivity index (χ1v) is 12.0. The van der Waals surface area contributed by atoms with E-state index in [9.17, 15) is 22.4 Å². The van der Waals surface area contributed by atoms with Gasteiger partial charge in [-0.05, 0) is 44.9 Å². The molecule has 12 heteroatoms. The van der Waals surface area contributed by atoms with Gasteiger partial charge in [0.15, 0.2) is 11.4 Å². The molecule has 0 amide bonds. The zero-order valence-corrected chi connectivity index (χ0v) is 18.9. The summed E-state index contributed by atoms with van der Waals surface area (Å²) in [6, 6.07) is 5.50. The summed E-state index contributed by atoms with van der Waals surface area (Å²) in [5.74, 6) is 0.270. The molecule has 0 atom stereocenters. The average Bonchev–Trinajstić information content (AvgIpc) is 3.30. The van der Waals surface area contributed by atoms with E-state index in [1.54, 1.807) is 19.9 Å². The molecule has 33 heavy (non-hydrogen) atoms. The van der Waals surface area contributed by atoms with Crippen LogP contribution < -0.4 is 16.0 Å². The van der Waals surface area contributed by atoms with Gasteiger partial charge in [-0.2, -0.15) is 0 Å². The van der Waals surface area contributed by atoms with E-state index in [4.69, 9.17) is 9.26 Å². The third-order valence-electron chi connectivity index (χ3n) is 6.04. The number of hydrogen-bond acceptors (Lipinski definition) is 7. The van der Waals surface area contributed by atoms with Crippen LogP contribution in [0.5, 0.6) is 0 Å². The number of fused-ring (bicyclic) bond motifs is 1. The van der Waals surface area contributed by atoms with Crippen LogP contribution in [0.15, 0.2) is 43.3 Å². The van der Waals surface area contributed by atoms with Crippen LogP contribution in [0.25, 0.3) is 10.9 Å². The molecule has 0 spiro atoms. The third-order valence-corrected chi connectivity index (χ3v) is 7.68. The highest BCUT2D eigenvalue weighted by atomic mass is 32.2. The van der Waals surface area contributed by atoms with Crippen LogP contribution in [0.1, 0.15) is 31.2 Å². The predicted molar refractivity (Wildman–Crippen MR) is 115 cm³/mol. The molecule has 1 saturated carbocycles. The number of rotatable bonds is 7. The maximum atomic E-state index is 14.9. The predicted octanol–water partition coefficient (Wildman–Crippen LogP) is 1.08. The maximum Gasteiger partial charge on any atom is 0.332 e. The van der Waals surface area contributed by atoms with Crippen LogP contribution in [0.2, 0.25) is 0 Å². The second-order valence-electron chi connectivity index (χ2n) is 9.18. The second-order valence-corrected chi connectivity index (χ2v) is 10.9. The van der Waals surface area contributed by atoms with Gasteiger partial charge in [-0.1, -0.05) is 5.16 Å². The van der Waals surface area contributed by atoms with Gasteiger partial charge in [0, 0.05) is 11.6 Å². The zero-order valence-electron chi connectivity index (χ0n) is 18.1. The largest absolute Gasteiger partial charge is 0.374 e. The number of halogens is 1. The van der Waals surface area contributed by atoms with Gasteiger partial charge in [-0.25, -0.2) is 22.3 Å². The molecule has 0 unspecified atom stereocenters. The molecule has 1 N–H and O–H groups in total. The van der Waals surface area contributed by atoms with E-state index < -0.39 is 32.5 Å². The highest BCUT2D eigenvalue weighted by Gasteiger charge is 2.42. The van der Waals surface area contributed by atoms with Gasteiger partial charge in [0.2, 0.25) is 10.0 Å². The standard InChI is InChI=1S/C21H23FN4O6S/c1-13-7-14(32-23-13)9-25-18(27)16-8-15(33(29,30)24-20(2)5-6-20)3-4-17(16)26(19(25)28)10-21(22)11-31-12-21/h3-4,7-8,24H,5-6,9-12H2,1-2H3. The van der Waals surface area contributed by atoms with Gasteiger partial charge < -0.3 is 9.26 Å². The van der Waals surface area contributed by atoms with Crippen LogP contribution in [0.4, 0.5) is 4.39 Å². The van der Waals surface area contributed by atoms with Gasteiger partial charge in [0.25, 0.3) is 5.56 Å². The van der Waals surface area contributed by atoms with Crippen molar-refractivity contribution in [3.05, 3.63) is 56.6 Å². The topological polar surface area (TPSA) is 125 Å². The fraction of sp³-hybridized carbons (Fsp3) is 0.476. The van der Waals surface area contributed by atoms with Crippen LogP contribution in [0, 0.1) is 6.92 Å². The van der Waals surface area contributed by atoms with Crippen molar-refractivity contribution in [2.24, 2.45) is 0 Å². The molecule has 1 saturated heterocycles. The molecule has 3 heterocycles. The second kappa shape index (κ2) is 7.34. The monoisotopic (exact) mass is 478 g/mol. The molecule has 10 nitrogen and oxygen atoms in total. The Balaban J connectivity index is 1.68. The number of nitrogens with one attached hydrogen (secondary N) is 1. The Morgan fingerprint density at radius 1 is 1.18 bits per heavy atom. The molecule has 0 bridgehead atoms. The first-order valence-electron chi connectivity index (χ1n) is 10.5. The van der Waals surface area contributed by atoms with Crippen LogP contribution in [-0.2, 0) is 27.8 Å². The Kier molecular flexibility index (Phi) is 4.89. The minimum absolute atomic E-state index is 0.0153. The fourth-order valence-electron chi connectivity index (χ4n) is 3.88. The van der Waals surface area contributed by atoms with Crippen LogP contribution in [-0.4, -0.2) is 47.1 Å². The lowest BCUT2D eigenvalue weighted by Crippen LogP contribution is -2.52. The van der Waals surface area contributed by atoms with Gasteiger partial charge >= 0.3 is 5.69 Å². The quantitative estimate of drug-likeness (QED) is 0.539. The van der Waals surface area contributed by atoms with Gasteiger partial charge in [-0.3, -0.25) is 13.9 Å². The van der Waals surface area contributed by atoms with Crippen molar-refractivity contribution >= 4 is 20.9 Å². The van der Waals surface area contributed by atoms with Gasteiger partial charge in [-0.15, -0.1) is 0 Å². The first kappa shape index (κ1) is 22.0. The average molecular weight is 479 g/mol. The summed E-state index contributed by atoms with van der Waals surface area (Å²) < 4.78 is 55.5. The van der Waals surface area contributed by atoms with E-state index in [0.717, 1.165) is 22.0 Å². The molecule has 2 aromatic heterocycles. The molecule has 1 aliphatic heterocycles. The lowest BCUT2D eigenvalue weighted by atomic mass is 10.0. The van der Waals surface area contributed by atoms with E-state index in [1.807, 2.05) is 0 Å². The van der Waals surface area contributed by atoms with Crippen molar-refractivity contribution in [3.63, 3.8) is 0 Å². The number of ether oxygens (including phenoxy) is 1. The third kappa shape index (κ3) is 4.02. The summed E-state index contributed by atoms with van der Waals surface area (Å²) in [5.41, 5.74) is -2.97. The van der Waals surface area contributed by atoms with E-state index in [-0.39, 0.29) is 47.9 Å². The van der Waals surface area contributed by atoms with Crippen LogP contribution in [0.3, 0.4) is 0 Å². The number of aromatic nitrogens is 3. The summed E-state index contributed by atoms with van der Waals surface area (Å²) in [5, 5.41) is 3.75. The SMILES string of the molecule is Cc1cc(Cn2c(=O)c3cc(S(=O)(=O)NC4(C)CC4)ccc3n(CC3(F)COC3)c2=O)on1. The Bertz CT molecular complexity index is 1480. The van der Waals surface area contributed by atoms with Crippen molar-refractivity contribution in [1.29, 1.82) is 0 Å². The number of benzene rings is 1. The lowest BCUT2D eigenvalue weighted by Gasteiger charge is -2.34. The minimum atomic E-state index is -3.89. The van der Waals surface area contributed by atoms with Crippen molar-refractivity contribution in [2.45, 2.75) is 55.9 Å². The molecule has 176 valence electrons. The number of nitrogens with zero attached hydrogens (tertiary/aromatic N) is 3. The molecular formula is C21H23FN4O6S. The summed E-state index contributed by atoms with van der Waals surface area (Å²) in [4.78, 5) is 26.4. The lowest BCUT2D eigenvalue weighted by molar-refractivity contribution is -0.137. The molecule has 0 radical (unpaired) electrons. The molecule has 3 aromatic rings. The number of hydrogen-bond donors (Lipinski definition) is 1. The van der Waals surface area contributed by atoms with Crippen LogP contribution >= 0.6 is 0 Å². The fourth-order valence-corrected chi connectivity index (χ4v) is 5.37. The van der Waals surface area contributed by atoms with Crippen molar-refractivity contribution in [3.8, 4) is 0 Å². The van der Waals surface area contributed by atoms with Crippen molar-refractivity contribution < 1.29 is 22.1 Å². The Hall–Kier alpha value is -2.83. The Morgan fingerprint density at radius 3 is 2.48 bits per heavy atom. The molecule has 5 rings (SSSR count). The summed E-state index contributed by atoms with van der Waals surface area (Å²) in [6.07, 6.45) is 1.45. The molecule has 1 aromatic carbocycles. The number of sulfonamides is 1. The van der Waals surface area contributed by atoms with E-state index in [2.05, 4.69) is 9.88 Å². The zero-order chi connectivity index (χ0) is 23.6. The molecule has 2 fully saturated rings. The minimum Gasteiger partial charge on any atom is -0.374 e. The van der Waals surface area contributed by atoms with E-state index >= 15 is 0 Å². The van der Waals surface area contributed by atoms with Crippen molar-refractivity contribution in [2.75, 3.05) is 13.2 Å². The Morgan fingerprint density at radius 2 is 1.91 bits per heavy atom. The van der Waals surface area contributed by atoms with Gasteiger partial charge in [0.05, 0.1) is 47.8 Å². The molecule has 1 aliphatic carbocycles. The summed E-state index contributed by atoms with van der Waals surface area (Å²) in [6.45, 7) is 2.60. The number of aryl methyl sites for hydroxylation is 1. The van der Waals surface area contributed by atoms with E-state index in [0.29, 0.717) is 5.69 Å². The number of alkyl halides is 1. The summed E-state index contributed by atoms with van der Waals surface area (Å²) in [7, 11) is -3.89. The maximum absolute atomic E-state index is 14.9. The molecular weight excluding hydrogens is 455 g/mol. The highest BCUT2D eigenvalue weighted by molar-refractivity contribution is 7.89. The highest BCUT2D eigenvalue weighted by Crippen LogP contribution is 2.36. The van der Waals surface area contributed by atoms with Crippen molar-refractivity contribution in [1.82, 2.24) is 19.0 Å². The Labute approximate surface area is 188 Å².